The monoisotopic (exact) mass is 1260 g/mol. The van der Waals surface area contributed by atoms with Crippen molar-refractivity contribution in [3.05, 3.63) is 322 Å². The molecule has 0 atom stereocenters. The smallest absolute Gasteiger partial charge is 0.304 e. The fraction of sp³-hybridized carbons (Fsp3) is 0. The summed E-state index contributed by atoms with van der Waals surface area (Å²) in [5.74, 6) is 0. The first-order valence-corrected chi connectivity index (χ1v) is 28.4. The number of aromatic nitrogens is 3. The zero-order chi connectivity index (χ0) is 55.8. The van der Waals surface area contributed by atoms with Gasteiger partial charge in [-0.05, 0) is 146 Å². The molecule has 0 spiro atoms. The van der Waals surface area contributed by atoms with E-state index in [1.165, 1.54) is 32.3 Å². The summed E-state index contributed by atoms with van der Waals surface area (Å²) in [6, 6.07) is 112. The molecular formula is C81H50IrN3. The Kier molecular flexibility index (Phi) is 14.3. The van der Waals surface area contributed by atoms with Crippen LogP contribution in [0.25, 0.3) is 155 Å². The predicted molar refractivity (Wildman–Crippen MR) is 349 cm³/mol. The molecule has 85 heavy (non-hydrogen) atoms. The Hall–Kier alpha value is -10.5. The molecule has 0 radical (unpaired) electrons. The first-order chi connectivity index (χ1) is 41.6. The number of benzene rings is 12. The van der Waals surface area contributed by atoms with E-state index in [1.54, 1.807) is 0 Å². The molecule has 0 aliphatic rings. The molecule has 0 amide bonds. The van der Waals surface area contributed by atoms with Crippen LogP contribution in [0.5, 0.6) is 0 Å². The van der Waals surface area contributed by atoms with Gasteiger partial charge in [0.15, 0.2) is 0 Å². The van der Waals surface area contributed by atoms with Crippen LogP contribution in [0, 0.1) is 18.2 Å². The molecule has 0 unspecified atom stereocenters. The second kappa shape index (κ2) is 23.0. The molecule has 0 fully saturated rings. The average Bonchev–Trinajstić information content (AvgIpc) is 1.93. The number of pyridine rings is 3. The van der Waals surface area contributed by atoms with Gasteiger partial charge in [0.25, 0.3) is 0 Å². The largest absolute Gasteiger partial charge is 3.00 e. The van der Waals surface area contributed by atoms with Gasteiger partial charge >= 0.3 is 20.1 Å². The van der Waals surface area contributed by atoms with E-state index in [4.69, 9.17) is 15.0 Å². The Labute approximate surface area is 508 Å². The molecule has 3 heterocycles. The van der Waals surface area contributed by atoms with Crippen molar-refractivity contribution in [3.63, 3.8) is 0 Å². The molecule has 0 aliphatic carbocycles. The maximum Gasteiger partial charge on any atom is 3.00 e. The van der Waals surface area contributed by atoms with E-state index in [-0.39, 0.29) is 20.1 Å². The van der Waals surface area contributed by atoms with Crippen molar-refractivity contribution in [2.45, 2.75) is 0 Å². The number of fused-ring (bicyclic) bond motifs is 6. The summed E-state index contributed by atoms with van der Waals surface area (Å²) in [6.45, 7) is 0. The summed E-state index contributed by atoms with van der Waals surface area (Å²) in [7, 11) is 0. The van der Waals surface area contributed by atoms with Crippen LogP contribution in [0.2, 0.25) is 0 Å². The summed E-state index contributed by atoms with van der Waals surface area (Å²) in [6.07, 6.45) is 6.05. The zero-order valence-electron chi connectivity index (χ0n) is 46.0. The van der Waals surface area contributed by atoms with Crippen LogP contribution in [-0.2, 0) is 20.1 Å². The van der Waals surface area contributed by atoms with Crippen molar-refractivity contribution in [3.8, 4) is 123 Å². The van der Waals surface area contributed by atoms with Gasteiger partial charge in [-0.1, -0.05) is 205 Å². The van der Waals surface area contributed by atoms with E-state index in [1.807, 2.05) is 67.0 Å². The minimum atomic E-state index is 0. The van der Waals surface area contributed by atoms with Gasteiger partial charge in [-0.15, -0.1) is 102 Å². The minimum Gasteiger partial charge on any atom is -0.304 e. The van der Waals surface area contributed by atoms with E-state index in [0.29, 0.717) is 0 Å². The van der Waals surface area contributed by atoms with Crippen LogP contribution in [0.4, 0.5) is 0 Å². The molecule has 15 aromatic rings. The Morgan fingerprint density at radius 3 is 1.11 bits per heavy atom. The molecule has 0 aliphatic heterocycles. The summed E-state index contributed by atoms with van der Waals surface area (Å²) >= 11 is 0. The quantitative estimate of drug-likeness (QED) is 0.0957. The SMILES string of the molecule is [Ir+3].[c-]1ccccc1-c1ccc(-c2ccccc2-c2cc(-c3ccccc3-c3ccc(-c4[c-]cccc4)nc3)cc(-c3ccccc3-c3cnc(-c4[c-]cc(-c5ccccc5)cc4)cc3-c3ccc4c5ccccc5c5ccccc5c4c3)c2)cn1. The standard InChI is InChI=1S/C81H50N3.Ir/c1-4-20-54(21-5-1)55-36-38-58(39-37-55)81-50-76(59-40-43-75-73-34-17-16-32-71(73)72-33-18-19-35-74(72)77(75)49-59)78(53-84-81)70-31-15-14-30-69(70)64-47-62(67-28-12-10-26-65(67)60-41-44-79(82-51-60)56-22-6-2-7-23-56)46-63(48-64)68-29-13-11-27-66(68)61-42-45-80(83-52-61)57-24-8-3-9-25-57;/h1-22,24,26-38,40-53H;/q-3;+3. The molecular weight excluding hydrogens is 1210 g/mol. The van der Waals surface area contributed by atoms with E-state index < -0.39 is 0 Å². The Morgan fingerprint density at radius 1 is 0.212 bits per heavy atom. The third-order valence-corrected chi connectivity index (χ3v) is 16.2. The fourth-order valence-corrected chi connectivity index (χ4v) is 12.1. The molecule has 0 N–H and O–H groups in total. The molecule has 0 saturated heterocycles. The first-order valence-electron chi connectivity index (χ1n) is 28.4. The van der Waals surface area contributed by atoms with E-state index in [0.717, 1.165) is 123 Å². The van der Waals surface area contributed by atoms with E-state index in [9.17, 15) is 0 Å². The number of hydrogen-bond acceptors (Lipinski definition) is 3. The molecule has 4 heteroatoms. The van der Waals surface area contributed by atoms with Crippen molar-refractivity contribution in [2.24, 2.45) is 0 Å². The molecule has 398 valence electrons. The average molecular weight is 1260 g/mol. The first kappa shape index (κ1) is 52.6. The van der Waals surface area contributed by atoms with Crippen LogP contribution >= 0.6 is 0 Å². The number of nitrogens with zero attached hydrogens (tertiary/aromatic N) is 3. The molecule has 12 aromatic carbocycles. The van der Waals surface area contributed by atoms with Gasteiger partial charge in [-0.2, -0.15) is 0 Å². The zero-order valence-corrected chi connectivity index (χ0v) is 48.4. The van der Waals surface area contributed by atoms with Gasteiger partial charge in [-0.3, -0.25) is 0 Å². The second-order valence-electron chi connectivity index (χ2n) is 21.2. The van der Waals surface area contributed by atoms with Gasteiger partial charge in [0.2, 0.25) is 0 Å². The van der Waals surface area contributed by atoms with Crippen LogP contribution < -0.4 is 0 Å². The molecule has 3 nitrogen and oxygen atoms in total. The summed E-state index contributed by atoms with van der Waals surface area (Å²) in [5, 5.41) is 7.39. The van der Waals surface area contributed by atoms with E-state index >= 15 is 0 Å². The topological polar surface area (TPSA) is 38.7 Å². The van der Waals surface area contributed by atoms with Crippen molar-refractivity contribution < 1.29 is 20.1 Å². The van der Waals surface area contributed by atoms with Gasteiger partial charge < -0.3 is 15.0 Å². The van der Waals surface area contributed by atoms with Gasteiger partial charge in [0.1, 0.15) is 0 Å². The predicted octanol–water partition coefficient (Wildman–Crippen LogP) is 21.1. The second-order valence-corrected chi connectivity index (χ2v) is 21.2. The normalized spacial score (nSPS) is 11.2. The fourth-order valence-electron chi connectivity index (χ4n) is 12.1. The van der Waals surface area contributed by atoms with E-state index in [2.05, 4.69) is 255 Å². The molecule has 0 bridgehead atoms. The molecule has 15 rings (SSSR count). The van der Waals surface area contributed by atoms with Crippen LogP contribution in [0.3, 0.4) is 0 Å². The van der Waals surface area contributed by atoms with Crippen molar-refractivity contribution in [2.75, 3.05) is 0 Å². The van der Waals surface area contributed by atoms with Crippen molar-refractivity contribution in [1.82, 2.24) is 15.0 Å². The van der Waals surface area contributed by atoms with Crippen molar-refractivity contribution in [1.29, 1.82) is 0 Å². The molecule has 3 aromatic heterocycles. The number of rotatable bonds is 11. The van der Waals surface area contributed by atoms with Crippen molar-refractivity contribution >= 4 is 32.3 Å². The van der Waals surface area contributed by atoms with Crippen LogP contribution in [0.15, 0.2) is 304 Å². The Bertz CT molecular complexity index is 4730. The van der Waals surface area contributed by atoms with Gasteiger partial charge in [0.05, 0.1) is 0 Å². The third-order valence-electron chi connectivity index (χ3n) is 16.2. The number of hydrogen-bond donors (Lipinski definition) is 0. The third kappa shape index (κ3) is 10.1. The molecule has 0 saturated carbocycles. The Balaban J connectivity index is 0.00000640. The van der Waals surface area contributed by atoms with Crippen LogP contribution in [0.1, 0.15) is 0 Å². The maximum absolute atomic E-state index is 5.33. The van der Waals surface area contributed by atoms with Gasteiger partial charge in [0, 0.05) is 24.2 Å². The van der Waals surface area contributed by atoms with Crippen LogP contribution in [-0.4, -0.2) is 15.0 Å². The summed E-state index contributed by atoms with van der Waals surface area (Å²) in [5.41, 5.74) is 22.7. The maximum atomic E-state index is 5.33. The summed E-state index contributed by atoms with van der Waals surface area (Å²) < 4.78 is 0. The minimum absolute atomic E-state index is 0. The summed E-state index contributed by atoms with van der Waals surface area (Å²) in [4.78, 5) is 15.3. The Morgan fingerprint density at radius 2 is 0.624 bits per heavy atom. The van der Waals surface area contributed by atoms with Gasteiger partial charge in [-0.25, -0.2) is 0 Å².